The SMILES string of the molecule is CCNCc1ccc(CS(=O)(=O)N2CCC(C)(C)C2)cc1. The second kappa shape index (κ2) is 6.46. The highest BCUT2D eigenvalue weighted by Gasteiger charge is 2.35. The summed E-state index contributed by atoms with van der Waals surface area (Å²) in [6, 6.07) is 7.85. The van der Waals surface area contributed by atoms with Crippen molar-refractivity contribution in [1.82, 2.24) is 9.62 Å². The van der Waals surface area contributed by atoms with Gasteiger partial charge >= 0.3 is 0 Å². The molecule has 1 heterocycles. The van der Waals surface area contributed by atoms with Crippen molar-refractivity contribution in [1.29, 1.82) is 0 Å². The van der Waals surface area contributed by atoms with Gasteiger partial charge in [0.1, 0.15) is 0 Å². The van der Waals surface area contributed by atoms with Crippen LogP contribution in [0, 0.1) is 5.41 Å². The summed E-state index contributed by atoms with van der Waals surface area (Å²) < 4.78 is 26.6. The number of nitrogens with one attached hydrogen (secondary N) is 1. The Hall–Kier alpha value is -0.910. The van der Waals surface area contributed by atoms with E-state index in [2.05, 4.69) is 26.1 Å². The minimum atomic E-state index is -3.20. The molecule has 0 amide bonds. The van der Waals surface area contributed by atoms with E-state index in [4.69, 9.17) is 0 Å². The maximum atomic E-state index is 12.5. The Balaban J connectivity index is 2.00. The molecule has 1 N–H and O–H groups in total. The summed E-state index contributed by atoms with van der Waals surface area (Å²) in [6.45, 7) is 9.35. The van der Waals surface area contributed by atoms with Gasteiger partial charge in [0.25, 0.3) is 0 Å². The van der Waals surface area contributed by atoms with E-state index in [0.29, 0.717) is 13.1 Å². The number of benzene rings is 1. The molecule has 4 nitrogen and oxygen atoms in total. The third-order valence-electron chi connectivity index (χ3n) is 3.99. The average molecular weight is 310 g/mol. The van der Waals surface area contributed by atoms with Gasteiger partial charge in [-0.25, -0.2) is 12.7 Å². The number of hydrogen-bond acceptors (Lipinski definition) is 3. The van der Waals surface area contributed by atoms with Gasteiger partial charge in [0, 0.05) is 19.6 Å². The summed E-state index contributed by atoms with van der Waals surface area (Å²) in [7, 11) is -3.20. The second-order valence-corrected chi connectivity index (χ2v) is 8.57. The van der Waals surface area contributed by atoms with Gasteiger partial charge in [-0.15, -0.1) is 0 Å². The Morgan fingerprint density at radius 3 is 2.33 bits per heavy atom. The van der Waals surface area contributed by atoms with Gasteiger partial charge in [0.05, 0.1) is 5.75 Å². The average Bonchev–Trinajstić information content (AvgIpc) is 2.79. The lowest BCUT2D eigenvalue weighted by Gasteiger charge is -2.19. The minimum absolute atomic E-state index is 0.0999. The van der Waals surface area contributed by atoms with Crippen LogP contribution >= 0.6 is 0 Å². The fraction of sp³-hybridized carbons (Fsp3) is 0.625. The maximum Gasteiger partial charge on any atom is 0.218 e. The molecule has 1 aliphatic rings. The van der Waals surface area contributed by atoms with Crippen LogP contribution in [-0.2, 0) is 22.3 Å². The van der Waals surface area contributed by atoms with Gasteiger partial charge in [-0.05, 0) is 29.5 Å². The molecule has 1 aromatic rings. The van der Waals surface area contributed by atoms with Crippen molar-refractivity contribution in [3.8, 4) is 0 Å². The monoisotopic (exact) mass is 310 g/mol. The molecule has 0 spiro atoms. The zero-order valence-corrected chi connectivity index (χ0v) is 14.0. The Bertz CT molecular complexity index is 564. The highest BCUT2D eigenvalue weighted by Crippen LogP contribution is 2.31. The molecule has 1 saturated heterocycles. The van der Waals surface area contributed by atoms with Crippen molar-refractivity contribution < 1.29 is 8.42 Å². The largest absolute Gasteiger partial charge is 0.313 e. The Morgan fingerprint density at radius 1 is 1.19 bits per heavy atom. The molecule has 21 heavy (non-hydrogen) atoms. The van der Waals surface area contributed by atoms with Crippen LogP contribution in [0.1, 0.15) is 38.3 Å². The number of nitrogens with zero attached hydrogens (tertiary/aromatic N) is 1. The molecule has 1 aliphatic heterocycles. The summed E-state index contributed by atoms with van der Waals surface area (Å²) in [4.78, 5) is 0. The number of hydrogen-bond donors (Lipinski definition) is 1. The third kappa shape index (κ3) is 4.53. The lowest BCUT2D eigenvalue weighted by Crippen LogP contribution is -2.31. The van der Waals surface area contributed by atoms with Crippen LogP contribution in [0.5, 0.6) is 0 Å². The highest BCUT2D eigenvalue weighted by atomic mass is 32.2. The summed E-state index contributed by atoms with van der Waals surface area (Å²) in [5.74, 6) is 0.102. The second-order valence-electron chi connectivity index (χ2n) is 6.60. The van der Waals surface area contributed by atoms with Crippen LogP contribution in [0.15, 0.2) is 24.3 Å². The van der Waals surface area contributed by atoms with Crippen LogP contribution in [0.3, 0.4) is 0 Å². The van der Waals surface area contributed by atoms with Crippen LogP contribution in [0.25, 0.3) is 0 Å². The van der Waals surface area contributed by atoms with Gasteiger partial charge in [-0.2, -0.15) is 0 Å². The number of sulfonamides is 1. The van der Waals surface area contributed by atoms with E-state index >= 15 is 0 Å². The first-order valence-corrected chi connectivity index (χ1v) is 9.20. The Morgan fingerprint density at radius 2 is 1.81 bits per heavy atom. The molecular weight excluding hydrogens is 284 g/mol. The van der Waals surface area contributed by atoms with Crippen molar-refractivity contribution in [3.63, 3.8) is 0 Å². The van der Waals surface area contributed by atoms with Gasteiger partial charge in [0.15, 0.2) is 0 Å². The molecule has 0 saturated carbocycles. The molecule has 0 aliphatic carbocycles. The van der Waals surface area contributed by atoms with Crippen molar-refractivity contribution >= 4 is 10.0 Å². The van der Waals surface area contributed by atoms with E-state index in [1.165, 1.54) is 5.56 Å². The van der Waals surface area contributed by atoms with Gasteiger partial charge in [-0.3, -0.25) is 0 Å². The highest BCUT2D eigenvalue weighted by molar-refractivity contribution is 7.88. The summed E-state index contributed by atoms with van der Waals surface area (Å²) >= 11 is 0. The zero-order valence-electron chi connectivity index (χ0n) is 13.2. The van der Waals surface area contributed by atoms with Gasteiger partial charge < -0.3 is 5.32 Å². The van der Waals surface area contributed by atoms with E-state index in [-0.39, 0.29) is 11.2 Å². The van der Waals surface area contributed by atoms with Gasteiger partial charge in [0.2, 0.25) is 10.0 Å². The maximum absolute atomic E-state index is 12.5. The molecule has 0 unspecified atom stereocenters. The molecule has 1 aromatic carbocycles. The summed E-state index contributed by atoms with van der Waals surface area (Å²) in [5, 5.41) is 3.26. The quantitative estimate of drug-likeness (QED) is 0.877. The normalized spacial score (nSPS) is 19.0. The fourth-order valence-electron chi connectivity index (χ4n) is 2.62. The van der Waals surface area contributed by atoms with E-state index in [1.54, 1.807) is 4.31 Å². The fourth-order valence-corrected chi connectivity index (χ4v) is 4.34. The lowest BCUT2D eigenvalue weighted by molar-refractivity contribution is 0.375. The van der Waals surface area contributed by atoms with E-state index < -0.39 is 10.0 Å². The molecule has 0 bridgehead atoms. The van der Waals surface area contributed by atoms with Crippen molar-refractivity contribution in [2.24, 2.45) is 5.41 Å². The van der Waals surface area contributed by atoms with Crippen LogP contribution in [0.4, 0.5) is 0 Å². The first-order chi connectivity index (χ1) is 9.82. The Labute approximate surface area is 128 Å². The topological polar surface area (TPSA) is 49.4 Å². The third-order valence-corrected chi connectivity index (χ3v) is 5.78. The van der Waals surface area contributed by atoms with Crippen LogP contribution in [0.2, 0.25) is 0 Å². The lowest BCUT2D eigenvalue weighted by atomic mass is 9.93. The smallest absolute Gasteiger partial charge is 0.218 e. The van der Waals surface area contributed by atoms with Gasteiger partial charge in [-0.1, -0.05) is 45.0 Å². The molecule has 118 valence electrons. The van der Waals surface area contributed by atoms with Crippen LogP contribution < -0.4 is 5.32 Å². The Kier molecular flexibility index (Phi) is 5.07. The predicted octanol–water partition coefficient (Wildman–Crippen LogP) is 2.36. The zero-order chi connectivity index (χ0) is 15.5. The first-order valence-electron chi connectivity index (χ1n) is 7.59. The van der Waals surface area contributed by atoms with Crippen molar-refractivity contribution in [2.45, 2.75) is 39.5 Å². The summed E-state index contributed by atoms with van der Waals surface area (Å²) in [6.07, 6.45) is 0.938. The first kappa shape index (κ1) is 16.5. The molecule has 1 fully saturated rings. The minimum Gasteiger partial charge on any atom is -0.313 e. The number of rotatable bonds is 6. The van der Waals surface area contributed by atoms with Crippen molar-refractivity contribution in [3.05, 3.63) is 35.4 Å². The molecule has 0 radical (unpaired) electrons. The van der Waals surface area contributed by atoms with Crippen molar-refractivity contribution in [2.75, 3.05) is 19.6 Å². The van der Waals surface area contributed by atoms with Crippen LogP contribution in [-0.4, -0.2) is 32.4 Å². The summed E-state index contributed by atoms with van der Waals surface area (Å²) in [5.41, 5.74) is 2.14. The molecular formula is C16H26N2O2S. The molecule has 0 atom stereocenters. The van der Waals surface area contributed by atoms with E-state index in [9.17, 15) is 8.42 Å². The van der Waals surface area contributed by atoms with E-state index in [1.807, 2.05) is 24.3 Å². The standard InChI is InChI=1S/C16H26N2O2S/c1-4-17-11-14-5-7-15(8-6-14)12-21(19,20)18-10-9-16(2,3)13-18/h5-8,17H,4,9-13H2,1-3H3. The molecule has 2 rings (SSSR count). The molecule has 5 heteroatoms. The predicted molar refractivity (Wildman–Crippen MR) is 86.4 cm³/mol. The van der Waals surface area contributed by atoms with E-state index in [0.717, 1.165) is 25.1 Å². The molecule has 0 aromatic heterocycles.